The smallest absolute Gasteiger partial charge is 0.335 e. The molecule has 5 nitrogen and oxygen atoms in total. The molecule has 1 saturated carbocycles. The Morgan fingerprint density at radius 1 is 1.16 bits per heavy atom. The summed E-state index contributed by atoms with van der Waals surface area (Å²) in [6, 6.07) is 9.21. The van der Waals surface area contributed by atoms with Gasteiger partial charge in [-0.15, -0.1) is 24.8 Å². The van der Waals surface area contributed by atoms with Gasteiger partial charge in [0.15, 0.2) is 0 Å². The summed E-state index contributed by atoms with van der Waals surface area (Å²) in [5, 5.41) is 15.9. The van der Waals surface area contributed by atoms with Crippen molar-refractivity contribution in [2.24, 2.45) is 0 Å². The molecule has 1 aromatic carbocycles. The average molecular weight is 384 g/mol. The van der Waals surface area contributed by atoms with Crippen molar-refractivity contribution in [1.82, 2.24) is 10.3 Å². The van der Waals surface area contributed by atoms with Gasteiger partial charge >= 0.3 is 5.97 Å². The minimum Gasteiger partial charge on any atom is -0.478 e. The summed E-state index contributed by atoms with van der Waals surface area (Å²) in [7, 11) is 2.00. The number of likely N-dealkylation sites (N-methyl/N-ethyl adjacent to an activating group) is 1. The lowest BCUT2D eigenvalue weighted by molar-refractivity contribution is 0.0697. The van der Waals surface area contributed by atoms with Crippen LogP contribution in [0, 0.1) is 0 Å². The Morgan fingerprint density at radius 2 is 1.80 bits per heavy atom. The molecule has 0 amide bonds. The zero-order chi connectivity index (χ0) is 16.4. The summed E-state index contributed by atoms with van der Waals surface area (Å²) in [5.74, 6) is -0.916. The first-order chi connectivity index (χ1) is 11.0. The Labute approximate surface area is 160 Å². The van der Waals surface area contributed by atoms with E-state index in [1.807, 2.05) is 31.4 Å². The number of carboxylic acids is 1. The number of aromatic carboxylic acids is 1. The summed E-state index contributed by atoms with van der Waals surface area (Å²) < 4.78 is 0. The number of hydrogen-bond acceptors (Lipinski definition) is 4. The minimum atomic E-state index is -0.916. The van der Waals surface area contributed by atoms with Crippen molar-refractivity contribution in [2.45, 2.75) is 31.3 Å². The lowest BCUT2D eigenvalue weighted by atomic mass is 10.0. The summed E-state index contributed by atoms with van der Waals surface area (Å²) in [6.07, 6.45) is 5.97. The molecule has 1 heterocycles. The van der Waals surface area contributed by atoms with Crippen LogP contribution < -0.4 is 10.6 Å². The number of hydrogen-bond donors (Lipinski definition) is 3. The third kappa shape index (κ3) is 4.63. The van der Waals surface area contributed by atoms with Crippen molar-refractivity contribution in [3.05, 3.63) is 48.3 Å². The highest BCUT2D eigenvalue weighted by Gasteiger charge is 2.46. The number of rotatable bonds is 6. The number of benzene rings is 1. The molecule has 0 saturated heterocycles. The molecule has 0 radical (unpaired) electrons. The number of anilines is 1. The fourth-order valence-corrected chi connectivity index (χ4v) is 2.90. The van der Waals surface area contributed by atoms with E-state index < -0.39 is 5.97 Å². The Balaban J connectivity index is 0.00000156. The standard InChI is InChI=1S/C18H21N3O2.2ClH/c1-12(18(19-2)7-8-18)21-16-9-15(10-20-11-16)13-3-5-14(6-4-13)17(22)23;;/h3-6,9-12,19,21H,7-8H2,1-2H3,(H,22,23);2*1H. The van der Waals surface area contributed by atoms with Crippen LogP contribution in [-0.4, -0.2) is 34.7 Å². The van der Waals surface area contributed by atoms with Gasteiger partial charge in [-0.05, 0) is 50.6 Å². The van der Waals surface area contributed by atoms with Crippen LogP contribution >= 0.6 is 24.8 Å². The zero-order valence-corrected chi connectivity index (χ0v) is 15.8. The molecule has 25 heavy (non-hydrogen) atoms. The molecule has 1 aliphatic rings. The summed E-state index contributed by atoms with van der Waals surface area (Å²) in [6.45, 7) is 2.18. The molecule has 2 aromatic rings. The second-order valence-electron chi connectivity index (χ2n) is 6.12. The highest BCUT2D eigenvalue weighted by molar-refractivity contribution is 5.88. The van der Waals surface area contributed by atoms with E-state index in [0.717, 1.165) is 16.8 Å². The van der Waals surface area contributed by atoms with E-state index in [4.69, 9.17) is 5.11 Å². The van der Waals surface area contributed by atoms with E-state index in [2.05, 4.69) is 22.5 Å². The molecule has 136 valence electrons. The quantitative estimate of drug-likeness (QED) is 0.706. The van der Waals surface area contributed by atoms with Crippen LogP contribution in [0.4, 0.5) is 5.69 Å². The molecule has 1 unspecified atom stereocenters. The summed E-state index contributed by atoms with van der Waals surface area (Å²) in [4.78, 5) is 15.2. The lowest BCUT2D eigenvalue weighted by Gasteiger charge is -2.25. The Hall–Kier alpha value is -1.82. The van der Waals surface area contributed by atoms with E-state index in [0.29, 0.717) is 6.04 Å². The number of nitrogens with zero attached hydrogens (tertiary/aromatic N) is 1. The monoisotopic (exact) mass is 383 g/mol. The zero-order valence-electron chi connectivity index (χ0n) is 14.2. The second-order valence-corrected chi connectivity index (χ2v) is 6.12. The van der Waals surface area contributed by atoms with Crippen molar-refractivity contribution in [3.63, 3.8) is 0 Å². The fraction of sp³-hybridized carbons (Fsp3) is 0.333. The molecule has 1 aliphatic carbocycles. The van der Waals surface area contributed by atoms with Crippen molar-refractivity contribution in [2.75, 3.05) is 12.4 Å². The molecule has 1 fully saturated rings. The van der Waals surface area contributed by atoms with Gasteiger partial charge in [0.2, 0.25) is 0 Å². The maximum atomic E-state index is 10.9. The highest BCUT2D eigenvalue weighted by atomic mass is 35.5. The molecule has 0 bridgehead atoms. The van der Waals surface area contributed by atoms with Crippen LogP contribution in [0.25, 0.3) is 11.1 Å². The predicted molar refractivity (Wildman–Crippen MR) is 105 cm³/mol. The molecular weight excluding hydrogens is 361 g/mol. The Bertz CT molecular complexity index is 719. The summed E-state index contributed by atoms with van der Waals surface area (Å²) >= 11 is 0. The average Bonchev–Trinajstić information content (AvgIpc) is 3.36. The van der Waals surface area contributed by atoms with Gasteiger partial charge in [0.1, 0.15) is 0 Å². The van der Waals surface area contributed by atoms with Crippen LogP contribution in [0.15, 0.2) is 42.7 Å². The highest BCUT2D eigenvalue weighted by Crippen LogP contribution is 2.39. The van der Waals surface area contributed by atoms with Crippen LogP contribution in [0.2, 0.25) is 0 Å². The maximum Gasteiger partial charge on any atom is 0.335 e. The molecular formula is C18H23Cl2N3O2. The SMILES string of the molecule is CNC1(C(C)Nc2cncc(-c3ccc(C(=O)O)cc3)c2)CC1.Cl.Cl. The van der Waals surface area contributed by atoms with E-state index >= 15 is 0 Å². The number of carbonyl (C=O) groups is 1. The first-order valence-electron chi connectivity index (χ1n) is 7.78. The molecule has 0 aliphatic heterocycles. The topological polar surface area (TPSA) is 74.2 Å². The Kier molecular flexibility index (Phi) is 7.23. The van der Waals surface area contributed by atoms with Gasteiger partial charge in [-0.1, -0.05) is 12.1 Å². The molecule has 1 aromatic heterocycles. The van der Waals surface area contributed by atoms with E-state index in [9.17, 15) is 4.79 Å². The molecule has 7 heteroatoms. The van der Waals surface area contributed by atoms with Crippen LogP contribution in [0.3, 0.4) is 0 Å². The fourth-order valence-electron chi connectivity index (χ4n) is 2.90. The summed E-state index contributed by atoms with van der Waals surface area (Å²) in [5.41, 5.74) is 3.37. The lowest BCUT2D eigenvalue weighted by Crippen LogP contribution is -2.42. The van der Waals surface area contributed by atoms with E-state index in [-0.39, 0.29) is 35.9 Å². The molecule has 0 spiro atoms. The number of halogens is 2. The first-order valence-corrected chi connectivity index (χ1v) is 7.78. The van der Waals surface area contributed by atoms with Gasteiger partial charge in [0.05, 0.1) is 11.3 Å². The molecule has 3 rings (SSSR count). The van der Waals surface area contributed by atoms with Gasteiger partial charge in [-0.25, -0.2) is 4.79 Å². The third-order valence-corrected chi connectivity index (χ3v) is 4.70. The van der Waals surface area contributed by atoms with Crippen LogP contribution in [-0.2, 0) is 0 Å². The third-order valence-electron chi connectivity index (χ3n) is 4.70. The van der Waals surface area contributed by atoms with Crippen LogP contribution in [0.5, 0.6) is 0 Å². The maximum absolute atomic E-state index is 10.9. The normalized spacial score (nSPS) is 15.3. The number of pyridine rings is 1. The number of carboxylic acid groups (broad SMARTS) is 1. The second kappa shape index (κ2) is 8.52. The van der Waals surface area contributed by atoms with Gasteiger partial charge in [-0.2, -0.15) is 0 Å². The van der Waals surface area contributed by atoms with Gasteiger partial charge in [0, 0.05) is 29.5 Å². The Morgan fingerprint density at radius 3 is 2.32 bits per heavy atom. The van der Waals surface area contributed by atoms with Crippen molar-refractivity contribution in [3.8, 4) is 11.1 Å². The van der Waals surface area contributed by atoms with Gasteiger partial charge < -0.3 is 15.7 Å². The van der Waals surface area contributed by atoms with Gasteiger partial charge in [-0.3, -0.25) is 4.98 Å². The first kappa shape index (κ1) is 21.2. The van der Waals surface area contributed by atoms with E-state index in [1.165, 1.54) is 12.8 Å². The number of nitrogens with one attached hydrogen (secondary N) is 2. The van der Waals surface area contributed by atoms with Crippen molar-refractivity contribution in [1.29, 1.82) is 0 Å². The van der Waals surface area contributed by atoms with Crippen LogP contribution in [0.1, 0.15) is 30.1 Å². The molecule has 3 N–H and O–H groups in total. The number of aromatic nitrogens is 1. The van der Waals surface area contributed by atoms with Crippen molar-refractivity contribution >= 4 is 36.5 Å². The van der Waals surface area contributed by atoms with Gasteiger partial charge in [0.25, 0.3) is 0 Å². The predicted octanol–water partition coefficient (Wildman–Crippen LogP) is 3.84. The minimum absolute atomic E-state index is 0. The largest absolute Gasteiger partial charge is 0.478 e. The van der Waals surface area contributed by atoms with Crippen molar-refractivity contribution < 1.29 is 9.90 Å². The molecule has 1 atom stereocenters. The van der Waals surface area contributed by atoms with E-state index in [1.54, 1.807) is 18.3 Å².